The highest BCUT2D eigenvalue weighted by molar-refractivity contribution is 5.81. The average molecular weight is 483 g/mol. The Morgan fingerprint density at radius 1 is 0.886 bits per heavy atom. The number of aliphatic hydroxyl groups is 1. The first-order valence-electron chi connectivity index (χ1n) is 10.3. The van der Waals surface area contributed by atoms with Crippen molar-refractivity contribution in [3.8, 4) is 51.8 Å². The summed E-state index contributed by atoms with van der Waals surface area (Å²) >= 11 is 0. The van der Waals surface area contributed by atoms with Crippen LogP contribution in [0, 0.1) is 0 Å². The predicted molar refractivity (Wildman–Crippen MR) is 125 cm³/mol. The third-order valence-electron chi connectivity index (χ3n) is 4.71. The van der Waals surface area contributed by atoms with Gasteiger partial charge in [0.2, 0.25) is 0 Å². The molecular weight excluding hydrogens is 458 g/mol. The molecule has 0 aliphatic heterocycles. The SMILES string of the molecule is C=CC(=O)OC(CO)Oc1nc(-c2ccc(OC)cc2OC)nc(-c2ccc(OC)cc2OC)n1. The number of carbonyl (C=O) groups is 1. The third-order valence-corrected chi connectivity index (χ3v) is 4.71. The van der Waals surface area contributed by atoms with E-state index >= 15 is 0 Å². The van der Waals surface area contributed by atoms with E-state index in [0.717, 1.165) is 6.08 Å². The first-order chi connectivity index (χ1) is 17.0. The van der Waals surface area contributed by atoms with Crippen LogP contribution in [0.5, 0.6) is 29.0 Å². The van der Waals surface area contributed by atoms with E-state index in [4.69, 9.17) is 28.4 Å². The third kappa shape index (κ3) is 5.95. The van der Waals surface area contributed by atoms with Crippen molar-refractivity contribution in [1.82, 2.24) is 15.0 Å². The highest BCUT2D eigenvalue weighted by Crippen LogP contribution is 2.36. The Balaban J connectivity index is 2.17. The molecule has 11 heteroatoms. The number of aliphatic hydroxyl groups excluding tert-OH is 1. The van der Waals surface area contributed by atoms with Crippen LogP contribution in [0.2, 0.25) is 0 Å². The van der Waals surface area contributed by atoms with Crippen LogP contribution < -0.4 is 23.7 Å². The van der Waals surface area contributed by atoms with Crippen LogP contribution in [-0.2, 0) is 9.53 Å². The number of aromatic nitrogens is 3. The molecule has 1 unspecified atom stereocenters. The lowest BCUT2D eigenvalue weighted by Crippen LogP contribution is -2.28. The van der Waals surface area contributed by atoms with E-state index in [1.807, 2.05) is 0 Å². The Morgan fingerprint density at radius 2 is 1.40 bits per heavy atom. The summed E-state index contributed by atoms with van der Waals surface area (Å²) in [6.07, 6.45) is -0.431. The number of hydrogen-bond acceptors (Lipinski definition) is 11. The van der Waals surface area contributed by atoms with Crippen molar-refractivity contribution in [2.75, 3.05) is 35.0 Å². The number of esters is 1. The molecular formula is C24H25N3O8. The fraction of sp³-hybridized carbons (Fsp3) is 0.250. The van der Waals surface area contributed by atoms with Gasteiger partial charge in [0.25, 0.3) is 6.29 Å². The standard InChI is InChI=1S/C24H25N3O8/c1-6-20(29)34-21(13-28)35-24-26-22(16-9-7-14(30-2)11-18(16)32-4)25-23(27-24)17-10-8-15(31-3)12-19(17)33-5/h6-12,21,28H,1,13H2,2-5H3. The van der Waals surface area contributed by atoms with Gasteiger partial charge in [0.05, 0.1) is 39.6 Å². The summed E-state index contributed by atoms with van der Waals surface area (Å²) in [4.78, 5) is 24.9. The molecule has 0 radical (unpaired) electrons. The van der Waals surface area contributed by atoms with Gasteiger partial charge in [-0.05, 0) is 24.3 Å². The Morgan fingerprint density at radius 3 is 1.80 bits per heavy atom. The maximum atomic E-state index is 11.6. The molecule has 0 amide bonds. The van der Waals surface area contributed by atoms with Gasteiger partial charge < -0.3 is 33.5 Å². The van der Waals surface area contributed by atoms with Crippen LogP contribution in [0.4, 0.5) is 0 Å². The first kappa shape index (κ1) is 25.2. The Kier molecular flexibility index (Phi) is 8.41. The van der Waals surface area contributed by atoms with Crippen LogP contribution in [0.25, 0.3) is 22.8 Å². The van der Waals surface area contributed by atoms with E-state index in [-0.39, 0.29) is 17.7 Å². The van der Waals surface area contributed by atoms with E-state index < -0.39 is 18.9 Å². The number of benzene rings is 2. The molecule has 11 nitrogen and oxygen atoms in total. The van der Waals surface area contributed by atoms with Crippen LogP contribution >= 0.6 is 0 Å². The second kappa shape index (κ2) is 11.7. The molecule has 0 bridgehead atoms. The smallest absolute Gasteiger partial charge is 0.333 e. The molecule has 0 aliphatic rings. The maximum absolute atomic E-state index is 11.6. The van der Waals surface area contributed by atoms with Crippen molar-refractivity contribution in [2.24, 2.45) is 0 Å². The topological polar surface area (TPSA) is 131 Å². The van der Waals surface area contributed by atoms with Gasteiger partial charge in [-0.1, -0.05) is 6.58 Å². The van der Waals surface area contributed by atoms with Gasteiger partial charge in [0.1, 0.15) is 29.6 Å². The fourth-order valence-corrected chi connectivity index (χ4v) is 3.01. The minimum atomic E-state index is -1.38. The summed E-state index contributed by atoms with van der Waals surface area (Å²) in [5, 5.41) is 9.61. The fourth-order valence-electron chi connectivity index (χ4n) is 3.01. The molecule has 3 aromatic rings. The molecule has 3 rings (SSSR count). The Hall–Kier alpha value is -4.38. The second-order valence-corrected chi connectivity index (χ2v) is 6.77. The maximum Gasteiger partial charge on any atom is 0.333 e. The molecule has 1 atom stereocenters. The van der Waals surface area contributed by atoms with Crippen LogP contribution in [0.1, 0.15) is 0 Å². The zero-order valence-electron chi connectivity index (χ0n) is 19.7. The quantitative estimate of drug-likeness (QED) is 0.245. The molecule has 0 fully saturated rings. The number of rotatable bonds is 11. The largest absolute Gasteiger partial charge is 0.497 e. The highest BCUT2D eigenvalue weighted by Gasteiger charge is 2.21. The molecule has 1 aromatic heterocycles. The summed E-state index contributed by atoms with van der Waals surface area (Å²) < 4.78 is 32.0. The van der Waals surface area contributed by atoms with Gasteiger partial charge in [-0.25, -0.2) is 9.78 Å². The van der Waals surface area contributed by atoms with Crippen molar-refractivity contribution in [3.63, 3.8) is 0 Å². The van der Waals surface area contributed by atoms with Crippen molar-refractivity contribution in [3.05, 3.63) is 49.1 Å². The second-order valence-electron chi connectivity index (χ2n) is 6.77. The van der Waals surface area contributed by atoms with E-state index in [9.17, 15) is 9.90 Å². The van der Waals surface area contributed by atoms with E-state index in [1.165, 1.54) is 28.4 Å². The summed E-state index contributed by atoms with van der Waals surface area (Å²) in [6.45, 7) is 2.68. The van der Waals surface area contributed by atoms with Crippen LogP contribution in [-0.4, -0.2) is 67.4 Å². The molecule has 2 aromatic carbocycles. The Labute approximate surface area is 201 Å². The van der Waals surface area contributed by atoms with Crippen molar-refractivity contribution < 1.29 is 38.3 Å². The lowest BCUT2D eigenvalue weighted by Gasteiger charge is -2.17. The van der Waals surface area contributed by atoms with E-state index in [0.29, 0.717) is 34.1 Å². The minimum Gasteiger partial charge on any atom is -0.497 e. The molecule has 1 N–H and O–H groups in total. The molecule has 184 valence electrons. The zero-order chi connectivity index (χ0) is 25.4. The molecule has 0 saturated heterocycles. The minimum absolute atomic E-state index is 0.189. The lowest BCUT2D eigenvalue weighted by molar-refractivity contribution is -0.163. The molecule has 35 heavy (non-hydrogen) atoms. The predicted octanol–water partition coefficient (Wildman–Crippen LogP) is 2.67. The van der Waals surface area contributed by atoms with Crippen molar-refractivity contribution in [1.29, 1.82) is 0 Å². The van der Waals surface area contributed by atoms with Crippen LogP contribution in [0.15, 0.2) is 49.1 Å². The number of nitrogens with zero attached hydrogens (tertiary/aromatic N) is 3. The number of hydrogen-bond donors (Lipinski definition) is 1. The normalized spacial score (nSPS) is 11.2. The van der Waals surface area contributed by atoms with Crippen molar-refractivity contribution in [2.45, 2.75) is 6.29 Å². The van der Waals surface area contributed by atoms with Gasteiger partial charge in [0, 0.05) is 18.2 Å². The molecule has 0 saturated carbocycles. The average Bonchev–Trinajstić information content (AvgIpc) is 2.91. The molecule has 1 heterocycles. The number of ether oxygens (including phenoxy) is 6. The molecule has 0 spiro atoms. The van der Waals surface area contributed by atoms with Crippen LogP contribution in [0.3, 0.4) is 0 Å². The summed E-state index contributed by atoms with van der Waals surface area (Å²) in [6, 6.07) is 10.0. The zero-order valence-corrected chi connectivity index (χ0v) is 19.7. The molecule has 0 aliphatic carbocycles. The summed E-state index contributed by atoms with van der Waals surface area (Å²) in [7, 11) is 6.08. The summed E-state index contributed by atoms with van der Waals surface area (Å²) in [5.74, 6) is 1.61. The van der Waals surface area contributed by atoms with Crippen molar-refractivity contribution >= 4 is 5.97 Å². The van der Waals surface area contributed by atoms with Gasteiger partial charge >= 0.3 is 12.0 Å². The Bertz CT molecular complexity index is 1130. The van der Waals surface area contributed by atoms with Gasteiger partial charge in [0.15, 0.2) is 11.6 Å². The summed E-state index contributed by atoms with van der Waals surface area (Å²) in [5.41, 5.74) is 1.02. The van der Waals surface area contributed by atoms with E-state index in [2.05, 4.69) is 21.5 Å². The van der Waals surface area contributed by atoms with E-state index in [1.54, 1.807) is 36.4 Å². The van der Waals surface area contributed by atoms with Gasteiger partial charge in [-0.3, -0.25) is 0 Å². The highest BCUT2D eigenvalue weighted by atomic mass is 16.7. The monoisotopic (exact) mass is 483 g/mol. The van der Waals surface area contributed by atoms with Gasteiger partial charge in [-0.15, -0.1) is 0 Å². The number of methoxy groups -OCH3 is 4. The van der Waals surface area contributed by atoms with Gasteiger partial charge in [-0.2, -0.15) is 9.97 Å². The first-order valence-corrected chi connectivity index (χ1v) is 10.3. The number of carbonyl (C=O) groups excluding carboxylic acids is 1. The lowest BCUT2D eigenvalue weighted by atomic mass is 10.1.